The molecular formula is C22H22N2O2S2. The molecule has 2 heterocycles. The van der Waals surface area contributed by atoms with E-state index in [0.717, 1.165) is 39.5 Å². The Labute approximate surface area is 173 Å². The van der Waals surface area contributed by atoms with E-state index < -0.39 is 0 Å². The van der Waals surface area contributed by atoms with Crippen LogP contribution in [0.2, 0.25) is 0 Å². The maximum Gasteiger partial charge on any atom is 0.223 e. The summed E-state index contributed by atoms with van der Waals surface area (Å²) < 4.78 is 1.15. The molecular weight excluding hydrogens is 388 g/mol. The van der Waals surface area contributed by atoms with Gasteiger partial charge in [-0.3, -0.25) is 9.59 Å². The van der Waals surface area contributed by atoms with Gasteiger partial charge in [0.15, 0.2) is 5.78 Å². The largest absolute Gasteiger partial charge is 0.333 e. The first-order valence-electron chi connectivity index (χ1n) is 9.48. The van der Waals surface area contributed by atoms with Gasteiger partial charge in [0.1, 0.15) is 5.01 Å². The SMILES string of the molecule is CSc1ccc(C(=O)CCC(=O)N2CCCC2c2nc3ccccc3s2)cc1. The van der Waals surface area contributed by atoms with Crippen molar-refractivity contribution in [2.45, 2.75) is 36.6 Å². The average Bonchev–Trinajstić information content (AvgIpc) is 3.38. The van der Waals surface area contributed by atoms with Gasteiger partial charge >= 0.3 is 0 Å². The van der Waals surface area contributed by atoms with Crippen molar-refractivity contribution in [1.29, 1.82) is 0 Å². The van der Waals surface area contributed by atoms with Crippen LogP contribution in [0.1, 0.15) is 47.1 Å². The predicted molar refractivity (Wildman–Crippen MR) is 115 cm³/mol. The first kappa shape index (κ1) is 19.2. The lowest BCUT2D eigenvalue weighted by molar-refractivity contribution is -0.132. The number of para-hydroxylation sites is 1. The number of nitrogens with zero attached hydrogens (tertiary/aromatic N) is 2. The second-order valence-corrected chi connectivity index (χ2v) is 8.86. The molecule has 3 aromatic rings. The molecule has 2 aromatic carbocycles. The molecule has 0 bridgehead atoms. The number of aromatic nitrogens is 1. The van der Waals surface area contributed by atoms with Crippen LogP contribution in [-0.2, 0) is 4.79 Å². The number of amides is 1. The maximum atomic E-state index is 12.8. The Morgan fingerprint density at radius 1 is 1.14 bits per heavy atom. The second kappa shape index (κ2) is 8.45. The van der Waals surface area contributed by atoms with E-state index in [1.807, 2.05) is 53.6 Å². The molecule has 4 nitrogen and oxygen atoms in total. The molecule has 0 saturated carbocycles. The summed E-state index contributed by atoms with van der Waals surface area (Å²) in [6, 6.07) is 15.7. The van der Waals surface area contributed by atoms with E-state index in [9.17, 15) is 9.59 Å². The van der Waals surface area contributed by atoms with Gasteiger partial charge in [0.25, 0.3) is 0 Å². The van der Waals surface area contributed by atoms with Crippen LogP contribution in [0.5, 0.6) is 0 Å². The molecule has 6 heteroatoms. The Morgan fingerprint density at radius 2 is 1.93 bits per heavy atom. The van der Waals surface area contributed by atoms with Crippen molar-refractivity contribution in [3.05, 3.63) is 59.1 Å². The third kappa shape index (κ3) is 3.98. The summed E-state index contributed by atoms with van der Waals surface area (Å²) in [4.78, 5) is 33.1. The van der Waals surface area contributed by atoms with Gasteiger partial charge in [-0.25, -0.2) is 4.98 Å². The minimum absolute atomic E-state index is 0.0248. The minimum atomic E-state index is 0.0248. The van der Waals surface area contributed by atoms with Crippen LogP contribution in [-0.4, -0.2) is 34.4 Å². The molecule has 144 valence electrons. The fourth-order valence-corrected chi connectivity index (χ4v) is 5.16. The summed E-state index contributed by atoms with van der Waals surface area (Å²) in [5, 5.41) is 1.01. The number of carbonyl (C=O) groups is 2. The van der Waals surface area contributed by atoms with E-state index in [1.165, 1.54) is 0 Å². The number of fused-ring (bicyclic) bond motifs is 1. The van der Waals surface area contributed by atoms with Crippen LogP contribution in [0.3, 0.4) is 0 Å². The number of ketones is 1. The number of benzene rings is 2. The normalized spacial score (nSPS) is 16.6. The highest BCUT2D eigenvalue weighted by atomic mass is 32.2. The summed E-state index contributed by atoms with van der Waals surface area (Å²) in [6.45, 7) is 0.746. The zero-order valence-electron chi connectivity index (χ0n) is 15.8. The van der Waals surface area contributed by atoms with Gasteiger partial charge in [0.2, 0.25) is 5.91 Å². The Kier molecular flexibility index (Phi) is 5.78. The van der Waals surface area contributed by atoms with E-state index in [1.54, 1.807) is 23.1 Å². The van der Waals surface area contributed by atoms with Crippen molar-refractivity contribution in [3.8, 4) is 0 Å². The van der Waals surface area contributed by atoms with Gasteiger partial charge in [-0.15, -0.1) is 23.1 Å². The molecule has 0 aliphatic carbocycles. The van der Waals surface area contributed by atoms with Crippen molar-refractivity contribution in [1.82, 2.24) is 9.88 Å². The van der Waals surface area contributed by atoms with Crippen LogP contribution in [0.15, 0.2) is 53.4 Å². The summed E-state index contributed by atoms with van der Waals surface area (Å²) in [6.07, 6.45) is 4.44. The van der Waals surface area contributed by atoms with Gasteiger partial charge in [-0.05, 0) is 43.4 Å². The number of thiazole rings is 1. The standard InChI is InChI=1S/C22H22N2O2S2/c1-27-16-10-8-15(9-11-16)19(25)12-13-21(26)24-14-4-6-18(24)22-23-17-5-2-3-7-20(17)28-22/h2-3,5,7-11,18H,4,6,12-14H2,1H3. The lowest BCUT2D eigenvalue weighted by atomic mass is 10.1. The second-order valence-electron chi connectivity index (χ2n) is 6.92. The van der Waals surface area contributed by atoms with Gasteiger partial charge in [-0.1, -0.05) is 24.3 Å². The van der Waals surface area contributed by atoms with Crippen LogP contribution in [0.25, 0.3) is 10.2 Å². The molecule has 1 amide bonds. The number of Topliss-reactive ketones (excluding diaryl/α,β-unsaturated/α-hetero) is 1. The third-order valence-electron chi connectivity index (χ3n) is 5.15. The van der Waals surface area contributed by atoms with Crippen LogP contribution in [0, 0.1) is 0 Å². The van der Waals surface area contributed by atoms with Gasteiger partial charge in [0, 0.05) is 29.8 Å². The van der Waals surface area contributed by atoms with Gasteiger partial charge in [0.05, 0.1) is 16.3 Å². The zero-order valence-corrected chi connectivity index (χ0v) is 17.4. The van der Waals surface area contributed by atoms with E-state index >= 15 is 0 Å². The number of rotatable bonds is 6. The number of hydrogen-bond acceptors (Lipinski definition) is 5. The molecule has 0 N–H and O–H groups in total. The number of thioether (sulfide) groups is 1. The highest BCUT2D eigenvalue weighted by molar-refractivity contribution is 7.98. The van der Waals surface area contributed by atoms with Crippen LogP contribution >= 0.6 is 23.1 Å². The van der Waals surface area contributed by atoms with Crippen molar-refractivity contribution in [3.63, 3.8) is 0 Å². The smallest absolute Gasteiger partial charge is 0.223 e. The summed E-state index contributed by atoms with van der Waals surface area (Å²) in [5.74, 6) is 0.0765. The van der Waals surface area contributed by atoms with E-state index in [-0.39, 0.29) is 30.6 Å². The molecule has 28 heavy (non-hydrogen) atoms. The molecule has 1 aliphatic heterocycles. The molecule has 1 atom stereocenters. The topological polar surface area (TPSA) is 50.3 Å². The molecule has 1 aromatic heterocycles. The van der Waals surface area contributed by atoms with E-state index in [0.29, 0.717) is 5.56 Å². The number of carbonyl (C=O) groups excluding carboxylic acids is 2. The molecule has 1 fully saturated rings. The maximum absolute atomic E-state index is 12.8. The Bertz CT molecular complexity index is 964. The molecule has 0 spiro atoms. The highest BCUT2D eigenvalue weighted by Gasteiger charge is 2.32. The number of hydrogen-bond donors (Lipinski definition) is 0. The van der Waals surface area contributed by atoms with Crippen LogP contribution in [0.4, 0.5) is 0 Å². The molecule has 1 saturated heterocycles. The van der Waals surface area contributed by atoms with E-state index in [4.69, 9.17) is 4.98 Å². The van der Waals surface area contributed by atoms with Crippen molar-refractivity contribution in [2.75, 3.05) is 12.8 Å². The Morgan fingerprint density at radius 3 is 2.68 bits per heavy atom. The van der Waals surface area contributed by atoms with Crippen LogP contribution < -0.4 is 0 Å². The predicted octanol–water partition coefficient (Wildman–Crippen LogP) is 5.34. The fourth-order valence-electron chi connectivity index (χ4n) is 3.64. The number of likely N-dealkylation sites (tertiary alicyclic amines) is 1. The average molecular weight is 411 g/mol. The molecule has 1 unspecified atom stereocenters. The fraction of sp³-hybridized carbons (Fsp3) is 0.318. The van der Waals surface area contributed by atoms with Gasteiger partial charge < -0.3 is 4.90 Å². The Balaban J connectivity index is 1.41. The van der Waals surface area contributed by atoms with Crippen molar-refractivity contribution < 1.29 is 9.59 Å². The molecule has 4 rings (SSSR count). The summed E-state index contributed by atoms with van der Waals surface area (Å²) in [5.41, 5.74) is 1.67. The van der Waals surface area contributed by atoms with E-state index in [2.05, 4.69) is 6.07 Å². The first-order chi connectivity index (χ1) is 13.7. The Hall–Kier alpha value is -2.18. The third-order valence-corrected chi connectivity index (χ3v) is 7.03. The lowest BCUT2D eigenvalue weighted by Crippen LogP contribution is -2.30. The van der Waals surface area contributed by atoms with Crippen molar-refractivity contribution in [2.24, 2.45) is 0 Å². The van der Waals surface area contributed by atoms with Gasteiger partial charge in [-0.2, -0.15) is 0 Å². The highest BCUT2D eigenvalue weighted by Crippen LogP contribution is 2.36. The molecule has 1 aliphatic rings. The zero-order chi connectivity index (χ0) is 19.5. The lowest BCUT2D eigenvalue weighted by Gasteiger charge is -2.23. The monoisotopic (exact) mass is 410 g/mol. The molecule has 0 radical (unpaired) electrons. The summed E-state index contributed by atoms with van der Waals surface area (Å²) >= 11 is 3.31. The first-order valence-corrected chi connectivity index (χ1v) is 11.5. The van der Waals surface area contributed by atoms with Crippen molar-refractivity contribution >= 4 is 45.0 Å². The summed E-state index contributed by atoms with van der Waals surface area (Å²) in [7, 11) is 0. The minimum Gasteiger partial charge on any atom is -0.333 e. The quantitative estimate of drug-likeness (QED) is 0.406.